The summed E-state index contributed by atoms with van der Waals surface area (Å²) in [6, 6.07) is 9.02. The minimum Gasteiger partial charge on any atom is -0.504 e. The van der Waals surface area contributed by atoms with Crippen molar-refractivity contribution in [3.63, 3.8) is 0 Å². The number of carbonyl (C=O) groups excluding carboxylic acids is 1. The molecule has 2 aromatic carbocycles. The van der Waals surface area contributed by atoms with Crippen molar-refractivity contribution in [2.75, 3.05) is 6.61 Å². The molecule has 0 unspecified atom stereocenters. The number of benzene rings is 2. The van der Waals surface area contributed by atoms with Gasteiger partial charge in [-0.15, -0.1) is 0 Å². The van der Waals surface area contributed by atoms with Gasteiger partial charge in [0.2, 0.25) is 5.91 Å². The third-order valence-corrected chi connectivity index (χ3v) is 3.52. The predicted molar refractivity (Wildman–Crippen MR) is 96.8 cm³/mol. The number of rotatable bonds is 7. The molecule has 136 valence electrons. The van der Waals surface area contributed by atoms with Crippen molar-refractivity contribution in [3.8, 4) is 11.5 Å². The fourth-order valence-corrected chi connectivity index (χ4v) is 2.21. The minimum atomic E-state index is -0.613. The van der Waals surface area contributed by atoms with Crippen LogP contribution in [0.15, 0.2) is 41.5 Å². The fourth-order valence-electron chi connectivity index (χ4n) is 2.08. The third kappa shape index (κ3) is 5.18. The molecule has 0 spiro atoms. The number of nitrogens with zero attached hydrogens (tertiary/aromatic N) is 2. The quantitative estimate of drug-likeness (QED) is 0.437. The molecule has 26 heavy (non-hydrogen) atoms. The molecule has 1 amide bonds. The highest BCUT2D eigenvalue weighted by Crippen LogP contribution is 2.33. The summed E-state index contributed by atoms with van der Waals surface area (Å²) >= 11 is 5.78. The van der Waals surface area contributed by atoms with E-state index in [1.54, 1.807) is 31.2 Å². The summed E-state index contributed by atoms with van der Waals surface area (Å²) in [6.45, 7) is 1.91. The van der Waals surface area contributed by atoms with Crippen LogP contribution in [0.2, 0.25) is 5.02 Å². The van der Waals surface area contributed by atoms with Crippen molar-refractivity contribution in [2.45, 2.75) is 13.3 Å². The summed E-state index contributed by atoms with van der Waals surface area (Å²) in [5.41, 5.74) is 2.83. The number of phenols is 1. The van der Waals surface area contributed by atoms with Crippen LogP contribution in [-0.4, -0.2) is 28.8 Å². The second-order valence-electron chi connectivity index (χ2n) is 5.17. The lowest BCUT2D eigenvalue weighted by Gasteiger charge is -2.08. The van der Waals surface area contributed by atoms with Gasteiger partial charge in [-0.1, -0.05) is 23.7 Å². The number of nitrogens with one attached hydrogen (secondary N) is 1. The van der Waals surface area contributed by atoms with Gasteiger partial charge in [-0.3, -0.25) is 14.9 Å². The van der Waals surface area contributed by atoms with Gasteiger partial charge in [0, 0.05) is 16.7 Å². The first-order valence-corrected chi connectivity index (χ1v) is 7.99. The molecule has 2 N–H and O–H groups in total. The normalized spacial score (nSPS) is 10.7. The van der Waals surface area contributed by atoms with E-state index in [4.69, 9.17) is 16.3 Å². The van der Waals surface area contributed by atoms with Gasteiger partial charge in [0.15, 0.2) is 11.5 Å². The highest BCUT2D eigenvalue weighted by atomic mass is 35.5. The van der Waals surface area contributed by atoms with Gasteiger partial charge < -0.3 is 9.84 Å². The van der Waals surface area contributed by atoms with Gasteiger partial charge in [-0.25, -0.2) is 5.43 Å². The van der Waals surface area contributed by atoms with Gasteiger partial charge in [-0.2, -0.15) is 5.10 Å². The van der Waals surface area contributed by atoms with Gasteiger partial charge in [-0.05, 0) is 24.6 Å². The Morgan fingerprint density at radius 2 is 2.08 bits per heavy atom. The van der Waals surface area contributed by atoms with Crippen LogP contribution in [0.1, 0.15) is 18.1 Å². The SMILES string of the molecule is CCOc1cc([N+](=O)[O-])cc(C=NNC(=O)Cc2ccc(Cl)cc2)c1O. The van der Waals surface area contributed by atoms with E-state index in [2.05, 4.69) is 10.5 Å². The molecule has 0 saturated heterocycles. The Balaban J connectivity index is 2.10. The molecule has 8 nitrogen and oxygen atoms in total. The standard InChI is InChI=1S/C17H16ClN3O5/c1-2-26-15-9-14(21(24)25)8-12(17(15)23)10-19-20-16(22)7-11-3-5-13(18)6-4-11/h3-6,8-10,23H,2,7H2,1H3,(H,20,22). The number of hydrogen-bond donors (Lipinski definition) is 2. The van der Waals surface area contributed by atoms with Crippen LogP contribution in [0.4, 0.5) is 5.69 Å². The number of aromatic hydroxyl groups is 1. The molecule has 0 aromatic heterocycles. The molecule has 0 atom stereocenters. The number of non-ortho nitro benzene ring substituents is 1. The zero-order valence-corrected chi connectivity index (χ0v) is 14.6. The molecule has 9 heteroatoms. The van der Waals surface area contributed by atoms with Gasteiger partial charge in [0.25, 0.3) is 5.69 Å². The Hall–Kier alpha value is -3.13. The maximum atomic E-state index is 11.9. The van der Waals surface area contributed by atoms with Crippen molar-refractivity contribution in [3.05, 3.63) is 62.7 Å². The van der Waals surface area contributed by atoms with E-state index in [0.29, 0.717) is 5.02 Å². The summed E-state index contributed by atoms with van der Waals surface area (Å²) in [5, 5.41) is 25.4. The van der Waals surface area contributed by atoms with E-state index >= 15 is 0 Å². The molecule has 0 aliphatic rings. The number of nitro groups is 1. The van der Waals surface area contributed by atoms with Crippen LogP contribution in [0.5, 0.6) is 11.5 Å². The van der Waals surface area contributed by atoms with E-state index in [0.717, 1.165) is 23.9 Å². The van der Waals surface area contributed by atoms with Crippen LogP contribution in [0, 0.1) is 10.1 Å². The first kappa shape index (κ1) is 19.2. The molecule has 2 aromatic rings. The Morgan fingerprint density at radius 3 is 2.69 bits per heavy atom. The Bertz CT molecular complexity index is 837. The van der Waals surface area contributed by atoms with Crippen molar-refractivity contribution >= 4 is 29.4 Å². The first-order chi connectivity index (χ1) is 12.4. The van der Waals surface area contributed by atoms with Crippen molar-refractivity contribution in [2.24, 2.45) is 5.10 Å². The molecule has 0 bridgehead atoms. The number of halogens is 1. The second kappa shape index (κ2) is 8.82. The monoisotopic (exact) mass is 377 g/mol. The number of phenolic OH excluding ortho intramolecular Hbond substituents is 1. The molecular formula is C17H16ClN3O5. The molecule has 2 rings (SSSR count). The topological polar surface area (TPSA) is 114 Å². The predicted octanol–water partition coefficient (Wildman–Crippen LogP) is 3.05. The molecule has 0 heterocycles. The average Bonchev–Trinajstić information content (AvgIpc) is 2.60. The molecule has 0 saturated carbocycles. The molecule has 0 fully saturated rings. The zero-order valence-electron chi connectivity index (χ0n) is 13.8. The maximum absolute atomic E-state index is 11.9. The van der Waals surface area contributed by atoms with Crippen LogP contribution >= 0.6 is 11.6 Å². The zero-order chi connectivity index (χ0) is 19.1. The molecule has 0 aliphatic carbocycles. The summed E-state index contributed by atoms with van der Waals surface area (Å²) < 4.78 is 5.17. The van der Waals surface area contributed by atoms with Gasteiger partial charge in [0.05, 0.1) is 30.2 Å². The van der Waals surface area contributed by atoms with Crippen molar-refractivity contribution in [1.29, 1.82) is 0 Å². The average molecular weight is 378 g/mol. The minimum absolute atomic E-state index is 0.0318. The van der Waals surface area contributed by atoms with Crippen LogP contribution in [0.3, 0.4) is 0 Å². The van der Waals surface area contributed by atoms with Crippen LogP contribution in [-0.2, 0) is 11.2 Å². The number of hydrogen-bond acceptors (Lipinski definition) is 6. The number of amides is 1. The van der Waals surface area contributed by atoms with Gasteiger partial charge in [0.1, 0.15) is 0 Å². The van der Waals surface area contributed by atoms with Crippen molar-refractivity contribution < 1.29 is 19.6 Å². The van der Waals surface area contributed by atoms with Crippen LogP contribution < -0.4 is 10.2 Å². The second-order valence-corrected chi connectivity index (χ2v) is 5.60. The van der Waals surface area contributed by atoms with Crippen molar-refractivity contribution in [1.82, 2.24) is 5.43 Å². The Morgan fingerprint density at radius 1 is 1.38 bits per heavy atom. The Kier molecular flexibility index (Phi) is 6.51. The maximum Gasteiger partial charge on any atom is 0.274 e. The first-order valence-electron chi connectivity index (χ1n) is 7.61. The van der Waals surface area contributed by atoms with E-state index in [1.165, 1.54) is 0 Å². The molecule has 0 aliphatic heterocycles. The lowest BCUT2D eigenvalue weighted by Crippen LogP contribution is -2.19. The number of carbonyl (C=O) groups is 1. The highest BCUT2D eigenvalue weighted by Gasteiger charge is 2.16. The van der Waals surface area contributed by atoms with E-state index in [9.17, 15) is 20.0 Å². The van der Waals surface area contributed by atoms with Gasteiger partial charge >= 0.3 is 0 Å². The highest BCUT2D eigenvalue weighted by molar-refractivity contribution is 6.30. The number of ether oxygens (including phenoxy) is 1. The number of nitro benzene ring substituents is 1. The molecule has 0 radical (unpaired) electrons. The number of hydrazone groups is 1. The summed E-state index contributed by atoms with van der Waals surface area (Å²) in [5.74, 6) is -0.720. The van der Waals surface area contributed by atoms with E-state index in [1.807, 2.05) is 0 Å². The smallest absolute Gasteiger partial charge is 0.274 e. The summed E-state index contributed by atoms with van der Waals surface area (Å²) in [7, 11) is 0. The van der Waals surface area contributed by atoms with E-state index in [-0.39, 0.29) is 35.8 Å². The Labute approximate surface area is 154 Å². The summed E-state index contributed by atoms with van der Waals surface area (Å²) in [4.78, 5) is 22.2. The van der Waals surface area contributed by atoms with Crippen LogP contribution in [0.25, 0.3) is 0 Å². The lowest BCUT2D eigenvalue weighted by molar-refractivity contribution is -0.385. The fraction of sp³-hybridized carbons (Fsp3) is 0.176. The van der Waals surface area contributed by atoms with E-state index < -0.39 is 10.8 Å². The third-order valence-electron chi connectivity index (χ3n) is 3.27. The molecular weight excluding hydrogens is 362 g/mol. The summed E-state index contributed by atoms with van der Waals surface area (Å²) in [6.07, 6.45) is 1.20. The lowest BCUT2D eigenvalue weighted by atomic mass is 10.1. The largest absolute Gasteiger partial charge is 0.504 e.